The summed E-state index contributed by atoms with van der Waals surface area (Å²) < 4.78 is 4.55. The zero-order chi connectivity index (χ0) is 14.3. The number of benzene rings is 1. The molecule has 0 aromatic heterocycles. The molecule has 0 aliphatic heterocycles. The first-order chi connectivity index (χ1) is 9.08. The number of esters is 1. The number of carbonyl (C=O) groups excluding carboxylic acids is 2. The number of hydrogen-bond acceptors (Lipinski definition) is 4. The van der Waals surface area contributed by atoms with E-state index in [1.54, 1.807) is 29.2 Å². The van der Waals surface area contributed by atoms with Crippen LogP contribution in [0.5, 0.6) is 5.75 Å². The molecule has 1 aromatic rings. The van der Waals surface area contributed by atoms with Gasteiger partial charge in [-0.1, -0.05) is 18.2 Å². The summed E-state index contributed by atoms with van der Waals surface area (Å²) in [6, 6.07) is 6.74. The zero-order valence-corrected chi connectivity index (χ0v) is 11.3. The smallest absolute Gasteiger partial charge is 0.307 e. The Hall–Kier alpha value is -2.04. The van der Waals surface area contributed by atoms with Crippen molar-refractivity contribution >= 4 is 11.9 Å². The van der Waals surface area contributed by atoms with E-state index in [0.29, 0.717) is 18.7 Å². The van der Waals surface area contributed by atoms with Crippen LogP contribution in [0.3, 0.4) is 0 Å². The van der Waals surface area contributed by atoms with E-state index in [9.17, 15) is 14.7 Å². The van der Waals surface area contributed by atoms with Crippen LogP contribution in [0.1, 0.15) is 18.9 Å². The number of carbonyl (C=O) groups is 2. The Morgan fingerprint density at radius 3 is 2.58 bits per heavy atom. The van der Waals surface area contributed by atoms with Crippen molar-refractivity contribution in [2.45, 2.75) is 19.8 Å². The molecule has 5 nitrogen and oxygen atoms in total. The van der Waals surface area contributed by atoms with Gasteiger partial charge in [0.05, 0.1) is 20.0 Å². The van der Waals surface area contributed by atoms with Crippen molar-refractivity contribution in [2.24, 2.45) is 0 Å². The first-order valence-electron chi connectivity index (χ1n) is 6.20. The van der Waals surface area contributed by atoms with Gasteiger partial charge in [-0.3, -0.25) is 9.59 Å². The second kappa shape index (κ2) is 7.41. The van der Waals surface area contributed by atoms with E-state index in [-0.39, 0.29) is 30.5 Å². The van der Waals surface area contributed by atoms with Gasteiger partial charge in [-0.25, -0.2) is 0 Å². The van der Waals surface area contributed by atoms with E-state index in [1.807, 2.05) is 6.92 Å². The molecule has 0 heterocycles. The molecule has 104 valence electrons. The molecule has 0 unspecified atom stereocenters. The Kier molecular flexibility index (Phi) is 5.85. The molecular formula is C14H19NO4. The summed E-state index contributed by atoms with van der Waals surface area (Å²) in [6.45, 7) is 2.69. The highest BCUT2D eigenvalue weighted by Gasteiger charge is 2.15. The molecule has 0 aliphatic carbocycles. The number of phenols is 1. The molecule has 0 spiro atoms. The minimum Gasteiger partial charge on any atom is -0.508 e. The van der Waals surface area contributed by atoms with Gasteiger partial charge in [0.2, 0.25) is 5.91 Å². The lowest BCUT2D eigenvalue weighted by Gasteiger charge is -2.20. The predicted molar refractivity (Wildman–Crippen MR) is 70.7 cm³/mol. The molecule has 1 aromatic carbocycles. The second-order valence-electron chi connectivity index (χ2n) is 4.11. The van der Waals surface area contributed by atoms with Crippen molar-refractivity contribution in [1.29, 1.82) is 0 Å². The highest BCUT2D eigenvalue weighted by atomic mass is 16.5. The van der Waals surface area contributed by atoms with Crippen LogP contribution in [0.25, 0.3) is 0 Å². The molecule has 5 heteroatoms. The topological polar surface area (TPSA) is 66.8 Å². The van der Waals surface area contributed by atoms with Crippen LogP contribution in [-0.4, -0.2) is 42.1 Å². The van der Waals surface area contributed by atoms with Crippen molar-refractivity contribution in [3.8, 4) is 5.75 Å². The number of methoxy groups -OCH3 is 1. The van der Waals surface area contributed by atoms with Crippen LogP contribution in [0, 0.1) is 0 Å². The number of likely N-dealkylation sites (N-methyl/N-ethyl adjacent to an activating group) is 1. The molecule has 0 saturated heterocycles. The third-order valence-electron chi connectivity index (χ3n) is 2.88. The Morgan fingerprint density at radius 1 is 1.32 bits per heavy atom. The average molecular weight is 265 g/mol. The number of nitrogens with zero attached hydrogens (tertiary/aromatic N) is 1. The second-order valence-corrected chi connectivity index (χ2v) is 4.11. The molecule has 19 heavy (non-hydrogen) atoms. The molecule has 0 atom stereocenters. The maximum atomic E-state index is 12.1. The minimum absolute atomic E-state index is 0.111. The lowest BCUT2D eigenvalue weighted by atomic mass is 10.1. The molecule has 0 radical (unpaired) electrons. The highest BCUT2D eigenvalue weighted by Crippen LogP contribution is 2.16. The van der Waals surface area contributed by atoms with Gasteiger partial charge in [-0.2, -0.15) is 0 Å². The first kappa shape index (κ1) is 15.0. The number of phenolic OH excluding ortho intramolecular Hbond substituents is 1. The predicted octanol–water partition coefficient (Wildman–Crippen LogP) is 1.35. The lowest BCUT2D eigenvalue weighted by molar-refractivity contribution is -0.141. The fourth-order valence-electron chi connectivity index (χ4n) is 1.72. The number of rotatable bonds is 6. The van der Waals surface area contributed by atoms with Crippen molar-refractivity contribution in [3.05, 3.63) is 29.8 Å². The highest BCUT2D eigenvalue weighted by molar-refractivity contribution is 5.80. The van der Waals surface area contributed by atoms with Crippen molar-refractivity contribution < 1.29 is 19.4 Å². The van der Waals surface area contributed by atoms with Crippen LogP contribution in [0.2, 0.25) is 0 Å². The molecule has 1 amide bonds. The van der Waals surface area contributed by atoms with Gasteiger partial charge >= 0.3 is 5.97 Å². The number of ether oxygens (including phenoxy) is 1. The Balaban J connectivity index is 2.59. The summed E-state index contributed by atoms with van der Waals surface area (Å²) in [4.78, 5) is 24.7. The number of para-hydroxylation sites is 1. The molecule has 0 aliphatic rings. The van der Waals surface area contributed by atoms with Crippen molar-refractivity contribution in [2.75, 3.05) is 20.2 Å². The Bertz CT molecular complexity index is 445. The van der Waals surface area contributed by atoms with Crippen LogP contribution in [-0.2, 0) is 20.7 Å². The Labute approximate surface area is 112 Å². The fraction of sp³-hybridized carbons (Fsp3) is 0.429. The summed E-state index contributed by atoms with van der Waals surface area (Å²) in [7, 11) is 1.32. The Morgan fingerprint density at radius 2 is 2.00 bits per heavy atom. The third kappa shape index (κ3) is 4.62. The lowest BCUT2D eigenvalue weighted by Crippen LogP contribution is -2.34. The van der Waals surface area contributed by atoms with Gasteiger partial charge < -0.3 is 14.7 Å². The van der Waals surface area contributed by atoms with E-state index in [0.717, 1.165) is 0 Å². The largest absolute Gasteiger partial charge is 0.508 e. The first-order valence-corrected chi connectivity index (χ1v) is 6.20. The van der Waals surface area contributed by atoms with Gasteiger partial charge in [0.25, 0.3) is 0 Å². The zero-order valence-electron chi connectivity index (χ0n) is 11.3. The third-order valence-corrected chi connectivity index (χ3v) is 2.88. The van der Waals surface area contributed by atoms with E-state index in [2.05, 4.69) is 4.74 Å². The average Bonchev–Trinajstić information content (AvgIpc) is 2.41. The van der Waals surface area contributed by atoms with E-state index >= 15 is 0 Å². The fourth-order valence-corrected chi connectivity index (χ4v) is 1.72. The van der Waals surface area contributed by atoms with Gasteiger partial charge in [0, 0.05) is 18.7 Å². The summed E-state index contributed by atoms with van der Waals surface area (Å²) in [6.07, 6.45) is 0.304. The summed E-state index contributed by atoms with van der Waals surface area (Å²) >= 11 is 0. The van der Waals surface area contributed by atoms with E-state index < -0.39 is 0 Å². The van der Waals surface area contributed by atoms with Crippen LogP contribution >= 0.6 is 0 Å². The van der Waals surface area contributed by atoms with Gasteiger partial charge in [0.15, 0.2) is 0 Å². The number of aromatic hydroxyl groups is 1. The SMILES string of the molecule is CCN(CCC(=O)OC)C(=O)Cc1ccccc1O. The van der Waals surface area contributed by atoms with Crippen LogP contribution < -0.4 is 0 Å². The molecule has 1 N–H and O–H groups in total. The van der Waals surface area contributed by atoms with Crippen molar-refractivity contribution in [1.82, 2.24) is 4.90 Å². The summed E-state index contributed by atoms with van der Waals surface area (Å²) in [5.41, 5.74) is 0.587. The van der Waals surface area contributed by atoms with Crippen LogP contribution in [0.4, 0.5) is 0 Å². The quantitative estimate of drug-likeness (QED) is 0.788. The maximum Gasteiger partial charge on any atom is 0.307 e. The molecule has 0 saturated carbocycles. The molecule has 0 fully saturated rings. The summed E-state index contributed by atoms with van der Waals surface area (Å²) in [5.74, 6) is -0.346. The molecular weight excluding hydrogens is 246 g/mol. The van der Waals surface area contributed by atoms with Gasteiger partial charge in [0.1, 0.15) is 5.75 Å². The van der Waals surface area contributed by atoms with E-state index in [1.165, 1.54) is 7.11 Å². The molecule has 0 bridgehead atoms. The van der Waals surface area contributed by atoms with E-state index in [4.69, 9.17) is 0 Å². The number of hydrogen-bond donors (Lipinski definition) is 1. The van der Waals surface area contributed by atoms with Gasteiger partial charge in [-0.05, 0) is 13.0 Å². The maximum absolute atomic E-state index is 12.1. The van der Waals surface area contributed by atoms with Gasteiger partial charge in [-0.15, -0.1) is 0 Å². The molecule has 1 rings (SSSR count). The van der Waals surface area contributed by atoms with Crippen molar-refractivity contribution in [3.63, 3.8) is 0 Å². The van der Waals surface area contributed by atoms with Crippen LogP contribution in [0.15, 0.2) is 24.3 Å². The standard InChI is InChI=1S/C14H19NO4/c1-3-15(9-8-14(18)19-2)13(17)10-11-6-4-5-7-12(11)16/h4-7,16H,3,8-10H2,1-2H3. The normalized spacial score (nSPS) is 10.0. The number of amides is 1. The minimum atomic E-state index is -0.339. The monoisotopic (exact) mass is 265 g/mol. The summed E-state index contributed by atoms with van der Waals surface area (Å²) in [5, 5.41) is 9.63.